The molecule has 0 N–H and O–H groups in total. The Bertz CT molecular complexity index is 193. The van der Waals surface area contributed by atoms with Crippen LogP contribution in [-0.2, 0) is 0 Å². The molecule has 0 radical (unpaired) electrons. The zero-order valence-electron chi connectivity index (χ0n) is 10.6. The summed E-state index contributed by atoms with van der Waals surface area (Å²) in [6.07, 6.45) is 12.8. The van der Waals surface area contributed by atoms with Gasteiger partial charge in [0.2, 0.25) is 0 Å². The van der Waals surface area contributed by atoms with Crippen molar-refractivity contribution in [3.05, 3.63) is 0 Å². The molecule has 0 aromatic heterocycles. The number of alkyl halides is 1. The molecule has 2 aliphatic rings. The van der Waals surface area contributed by atoms with Crippen molar-refractivity contribution < 1.29 is 0 Å². The van der Waals surface area contributed by atoms with E-state index in [0.29, 0.717) is 0 Å². The zero-order valence-corrected chi connectivity index (χ0v) is 12.2. The first-order chi connectivity index (χ1) is 7.81. The van der Waals surface area contributed by atoms with Gasteiger partial charge in [0.15, 0.2) is 0 Å². The highest BCUT2D eigenvalue weighted by molar-refractivity contribution is 9.09. The lowest BCUT2D eigenvalue weighted by atomic mass is 10.0. The standard InChI is InChI=1S/C14H26BrN/c1-2-3-4-5-6-9-16-13-7-8-14(16)11-12(15)10-13/h12-14H,2-11H2,1H3. The maximum atomic E-state index is 3.81. The highest BCUT2D eigenvalue weighted by Gasteiger charge is 2.39. The van der Waals surface area contributed by atoms with Crippen molar-refractivity contribution in [3.8, 4) is 0 Å². The minimum Gasteiger partial charge on any atom is -0.297 e. The molecule has 2 saturated heterocycles. The van der Waals surface area contributed by atoms with Crippen molar-refractivity contribution in [2.24, 2.45) is 0 Å². The van der Waals surface area contributed by atoms with Crippen LogP contribution in [-0.4, -0.2) is 28.4 Å². The molecule has 1 nitrogen and oxygen atoms in total. The van der Waals surface area contributed by atoms with Crippen LogP contribution in [0, 0.1) is 0 Å². The van der Waals surface area contributed by atoms with Crippen LogP contribution < -0.4 is 0 Å². The summed E-state index contributed by atoms with van der Waals surface area (Å²) in [7, 11) is 0. The second-order valence-electron chi connectivity index (χ2n) is 5.61. The van der Waals surface area contributed by atoms with Crippen LogP contribution in [0.15, 0.2) is 0 Å². The van der Waals surface area contributed by atoms with Gasteiger partial charge in [-0.1, -0.05) is 48.5 Å². The van der Waals surface area contributed by atoms with E-state index in [9.17, 15) is 0 Å². The largest absolute Gasteiger partial charge is 0.297 e. The van der Waals surface area contributed by atoms with Crippen molar-refractivity contribution in [1.82, 2.24) is 4.90 Å². The smallest absolute Gasteiger partial charge is 0.0175 e. The van der Waals surface area contributed by atoms with Crippen molar-refractivity contribution in [1.29, 1.82) is 0 Å². The number of hydrogen-bond acceptors (Lipinski definition) is 1. The molecule has 2 rings (SSSR count). The summed E-state index contributed by atoms with van der Waals surface area (Å²) in [6.45, 7) is 3.67. The molecule has 2 aliphatic heterocycles. The highest BCUT2D eigenvalue weighted by Crippen LogP contribution is 2.38. The lowest BCUT2D eigenvalue weighted by molar-refractivity contribution is 0.142. The summed E-state index contributed by atoms with van der Waals surface area (Å²) < 4.78 is 0. The quantitative estimate of drug-likeness (QED) is 0.519. The van der Waals surface area contributed by atoms with Crippen molar-refractivity contribution >= 4 is 15.9 Å². The van der Waals surface area contributed by atoms with Gasteiger partial charge in [0, 0.05) is 16.9 Å². The number of unbranched alkanes of at least 4 members (excludes halogenated alkanes) is 4. The first-order valence-electron chi connectivity index (χ1n) is 7.21. The average molecular weight is 288 g/mol. The fourth-order valence-electron chi connectivity index (χ4n) is 3.47. The monoisotopic (exact) mass is 287 g/mol. The second-order valence-corrected chi connectivity index (χ2v) is 6.90. The van der Waals surface area contributed by atoms with E-state index < -0.39 is 0 Å². The van der Waals surface area contributed by atoms with Crippen molar-refractivity contribution in [2.75, 3.05) is 6.54 Å². The Morgan fingerprint density at radius 2 is 1.62 bits per heavy atom. The van der Waals surface area contributed by atoms with E-state index >= 15 is 0 Å². The average Bonchev–Trinajstić information content (AvgIpc) is 2.51. The third-order valence-corrected chi connectivity index (χ3v) is 5.09. The molecule has 0 amide bonds. The molecule has 0 aliphatic carbocycles. The Morgan fingerprint density at radius 3 is 2.25 bits per heavy atom. The van der Waals surface area contributed by atoms with Crippen LogP contribution in [0.25, 0.3) is 0 Å². The predicted molar refractivity (Wildman–Crippen MR) is 74.2 cm³/mol. The maximum Gasteiger partial charge on any atom is 0.0175 e. The molecule has 2 bridgehead atoms. The van der Waals surface area contributed by atoms with Gasteiger partial charge < -0.3 is 0 Å². The normalized spacial score (nSPS) is 34.5. The molecule has 0 aromatic carbocycles. The van der Waals surface area contributed by atoms with Crippen molar-refractivity contribution in [3.63, 3.8) is 0 Å². The van der Waals surface area contributed by atoms with Gasteiger partial charge in [-0.05, 0) is 38.6 Å². The van der Waals surface area contributed by atoms with Crippen LogP contribution in [0.1, 0.15) is 64.7 Å². The molecule has 2 heteroatoms. The SMILES string of the molecule is CCCCCCCN1C2CCC1CC(Br)C2. The van der Waals surface area contributed by atoms with Gasteiger partial charge in [-0.2, -0.15) is 0 Å². The van der Waals surface area contributed by atoms with Gasteiger partial charge in [0.05, 0.1) is 0 Å². The van der Waals surface area contributed by atoms with Crippen molar-refractivity contribution in [2.45, 2.75) is 81.6 Å². The Labute approximate surface area is 109 Å². The number of halogens is 1. The second kappa shape index (κ2) is 6.39. The molecular formula is C14H26BrN. The summed E-state index contributed by atoms with van der Waals surface area (Å²) in [4.78, 5) is 3.63. The third-order valence-electron chi connectivity index (χ3n) is 4.35. The molecule has 2 heterocycles. The number of piperidine rings is 1. The zero-order chi connectivity index (χ0) is 11.4. The van der Waals surface area contributed by atoms with E-state index in [-0.39, 0.29) is 0 Å². The van der Waals surface area contributed by atoms with Gasteiger partial charge in [-0.15, -0.1) is 0 Å². The van der Waals surface area contributed by atoms with Crippen LogP contribution >= 0.6 is 15.9 Å². The van der Waals surface area contributed by atoms with E-state index in [4.69, 9.17) is 0 Å². The molecule has 16 heavy (non-hydrogen) atoms. The van der Waals surface area contributed by atoms with Gasteiger partial charge >= 0.3 is 0 Å². The first kappa shape index (κ1) is 12.9. The van der Waals surface area contributed by atoms with Crippen LogP contribution in [0.4, 0.5) is 0 Å². The lowest BCUT2D eigenvalue weighted by Gasteiger charge is -2.37. The Hall–Kier alpha value is 0.440. The Balaban J connectivity index is 1.66. The van der Waals surface area contributed by atoms with E-state index in [2.05, 4.69) is 27.8 Å². The van der Waals surface area contributed by atoms with Crippen LogP contribution in [0.3, 0.4) is 0 Å². The molecule has 0 spiro atoms. The molecule has 2 atom stereocenters. The molecule has 2 unspecified atom stereocenters. The summed E-state index contributed by atoms with van der Waals surface area (Å²) in [5.41, 5.74) is 0. The molecule has 2 fully saturated rings. The summed E-state index contributed by atoms with van der Waals surface area (Å²) >= 11 is 3.81. The van der Waals surface area contributed by atoms with E-state index in [1.54, 1.807) is 0 Å². The van der Waals surface area contributed by atoms with E-state index in [1.165, 1.54) is 64.3 Å². The van der Waals surface area contributed by atoms with Crippen LogP contribution in [0.5, 0.6) is 0 Å². The molecule has 0 saturated carbocycles. The predicted octanol–water partition coefficient (Wildman–Crippen LogP) is 4.35. The summed E-state index contributed by atoms with van der Waals surface area (Å²) in [5.74, 6) is 0. The van der Waals surface area contributed by atoms with Gasteiger partial charge in [-0.25, -0.2) is 0 Å². The Morgan fingerprint density at radius 1 is 1.00 bits per heavy atom. The summed E-state index contributed by atoms with van der Waals surface area (Å²) in [6, 6.07) is 1.82. The minimum atomic E-state index is 0.807. The summed E-state index contributed by atoms with van der Waals surface area (Å²) in [5, 5.41) is 0. The third kappa shape index (κ3) is 3.22. The fourth-order valence-corrected chi connectivity index (χ4v) is 4.33. The van der Waals surface area contributed by atoms with Crippen LogP contribution in [0.2, 0.25) is 0 Å². The lowest BCUT2D eigenvalue weighted by Crippen LogP contribution is -2.43. The number of nitrogens with zero attached hydrogens (tertiary/aromatic N) is 1. The molecule has 94 valence electrons. The minimum absolute atomic E-state index is 0.807. The topological polar surface area (TPSA) is 3.24 Å². The number of rotatable bonds is 6. The van der Waals surface area contributed by atoms with Gasteiger partial charge in [0.1, 0.15) is 0 Å². The maximum absolute atomic E-state index is 3.81. The molecule has 0 aromatic rings. The number of fused-ring (bicyclic) bond motifs is 2. The highest BCUT2D eigenvalue weighted by atomic mass is 79.9. The Kier molecular flexibility index (Phi) is 5.15. The fraction of sp³-hybridized carbons (Fsp3) is 1.00. The molecular weight excluding hydrogens is 262 g/mol. The van der Waals surface area contributed by atoms with E-state index in [0.717, 1.165) is 16.9 Å². The van der Waals surface area contributed by atoms with Gasteiger partial charge in [-0.3, -0.25) is 4.90 Å². The van der Waals surface area contributed by atoms with Gasteiger partial charge in [0.25, 0.3) is 0 Å². The van der Waals surface area contributed by atoms with E-state index in [1.807, 2.05) is 0 Å². The first-order valence-corrected chi connectivity index (χ1v) is 8.12. The number of hydrogen-bond donors (Lipinski definition) is 0.